The summed E-state index contributed by atoms with van der Waals surface area (Å²) in [5, 5.41) is 0.451. The molecule has 27 heavy (non-hydrogen) atoms. The number of aryl methyl sites for hydroxylation is 1. The van der Waals surface area contributed by atoms with Gasteiger partial charge in [0.25, 0.3) is 0 Å². The van der Waals surface area contributed by atoms with Gasteiger partial charge < -0.3 is 16.4 Å². The van der Waals surface area contributed by atoms with Gasteiger partial charge in [0, 0.05) is 11.3 Å². The number of nitrogens with zero attached hydrogens (tertiary/aromatic N) is 2. The molecule has 7 heteroatoms. The Bertz CT molecular complexity index is 985. The molecule has 0 saturated carbocycles. The third kappa shape index (κ3) is 3.68. The second-order valence-corrected chi connectivity index (χ2v) is 7.12. The zero-order valence-electron chi connectivity index (χ0n) is 15.0. The second kappa shape index (κ2) is 7.59. The Balaban J connectivity index is 2.08. The van der Waals surface area contributed by atoms with Crippen molar-refractivity contribution in [2.24, 2.45) is 5.73 Å². The minimum Gasteiger partial charge on any atom is -0.382 e. The Morgan fingerprint density at radius 2 is 1.70 bits per heavy atom. The van der Waals surface area contributed by atoms with Crippen LogP contribution in [-0.2, 0) is 4.79 Å². The standard InChI is InChI=1S/C20H20N4O2S/c1-12-8-6-7-11-15(12)24(13(2)19(22)26)20-23-18(21)17(27-20)16(25)14-9-4-3-5-10-14/h3-11,13H,21H2,1-2H3,(H2,22,26). The Kier molecular flexibility index (Phi) is 5.23. The Labute approximate surface area is 161 Å². The van der Waals surface area contributed by atoms with Crippen LogP contribution in [0, 0.1) is 6.92 Å². The van der Waals surface area contributed by atoms with Gasteiger partial charge in [-0.15, -0.1) is 0 Å². The molecule has 6 nitrogen and oxygen atoms in total. The molecular formula is C20H20N4O2S. The van der Waals surface area contributed by atoms with Crippen molar-refractivity contribution in [1.82, 2.24) is 4.98 Å². The quantitative estimate of drug-likeness (QED) is 0.639. The third-order valence-electron chi connectivity index (χ3n) is 4.26. The molecule has 0 spiro atoms. The average Bonchev–Trinajstić information content (AvgIpc) is 3.04. The number of thiazole rings is 1. The molecule has 3 rings (SSSR count). The number of nitrogen functional groups attached to an aromatic ring is 1. The van der Waals surface area contributed by atoms with E-state index < -0.39 is 11.9 Å². The highest BCUT2D eigenvalue weighted by molar-refractivity contribution is 7.18. The largest absolute Gasteiger partial charge is 0.382 e. The average molecular weight is 380 g/mol. The van der Waals surface area contributed by atoms with Crippen molar-refractivity contribution in [1.29, 1.82) is 0 Å². The van der Waals surface area contributed by atoms with Crippen molar-refractivity contribution >= 4 is 39.7 Å². The van der Waals surface area contributed by atoms with Crippen LogP contribution in [0.4, 0.5) is 16.6 Å². The SMILES string of the molecule is Cc1ccccc1N(c1nc(N)c(C(=O)c2ccccc2)s1)C(C)C(N)=O. The fourth-order valence-electron chi connectivity index (χ4n) is 2.74. The zero-order chi connectivity index (χ0) is 19.6. The van der Waals surface area contributed by atoms with Crippen LogP contribution < -0.4 is 16.4 Å². The van der Waals surface area contributed by atoms with E-state index in [2.05, 4.69) is 4.98 Å². The maximum atomic E-state index is 12.8. The minimum absolute atomic E-state index is 0.138. The molecular weight excluding hydrogens is 360 g/mol. The molecule has 0 aliphatic carbocycles. The van der Waals surface area contributed by atoms with Gasteiger partial charge >= 0.3 is 0 Å². The molecule has 1 unspecified atom stereocenters. The molecule has 2 aromatic carbocycles. The maximum absolute atomic E-state index is 12.8. The lowest BCUT2D eigenvalue weighted by Gasteiger charge is -2.28. The van der Waals surface area contributed by atoms with Gasteiger partial charge in [-0.2, -0.15) is 0 Å². The van der Waals surface area contributed by atoms with Gasteiger partial charge in [0.15, 0.2) is 5.13 Å². The van der Waals surface area contributed by atoms with E-state index in [1.807, 2.05) is 37.3 Å². The van der Waals surface area contributed by atoms with Crippen molar-refractivity contribution in [2.75, 3.05) is 10.6 Å². The zero-order valence-corrected chi connectivity index (χ0v) is 15.9. The monoisotopic (exact) mass is 380 g/mol. The third-order valence-corrected chi connectivity index (χ3v) is 5.33. The number of rotatable bonds is 6. The van der Waals surface area contributed by atoms with Gasteiger partial charge in [0.1, 0.15) is 16.7 Å². The van der Waals surface area contributed by atoms with Crippen molar-refractivity contribution in [3.05, 3.63) is 70.6 Å². The van der Waals surface area contributed by atoms with Crippen molar-refractivity contribution in [3.8, 4) is 0 Å². The van der Waals surface area contributed by atoms with Gasteiger partial charge in [-0.3, -0.25) is 9.59 Å². The van der Waals surface area contributed by atoms with Crippen molar-refractivity contribution in [3.63, 3.8) is 0 Å². The van der Waals surface area contributed by atoms with Gasteiger partial charge in [-0.25, -0.2) is 4.98 Å². The van der Waals surface area contributed by atoms with Crippen LogP contribution in [0.1, 0.15) is 27.7 Å². The van der Waals surface area contributed by atoms with E-state index >= 15 is 0 Å². The molecule has 0 bridgehead atoms. The molecule has 0 aliphatic rings. The van der Waals surface area contributed by atoms with Gasteiger partial charge in [0.2, 0.25) is 11.7 Å². The Hall–Kier alpha value is -3.19. The van der Waals surface area contributed by atoms with Gasteiger partial charge in [0.05, 0.1) is 0 Å². The summed E-state index contributed by atoms with van der Waals surface area (Å²) >= 11 is 1.15. The number of para-hydroxylation sites is 1. The van der Waals surface area contributed by atoms with Crippen LogP contribution in [0.5, 0.6) is 0 Å². The highest BCUT2D eigenvalue weighted by Crippen LogP contribution is 2.37. The molecule has 1 atom stereocenters. The molecule has 138 valence electrons. The molecule has 1 aromatic heterocycles. The number of anilines is 3. The molecule has 4 N–H and O–H groups in total. The number of primary amides is 1. The summed E-state index contributed by atoms with van der Waals surface area (Å²) in [6.07, 6.45) is 0. The molecule has 0 saturated heterocycles. The number of carbonyl (C=O) groups is 2. The van der Waals surface area contributed by atoms with Gasteiger partial charge in [-0.05, 0) is 25.5 Å². The molecule has 0 radical (unpaired) electrons. The number of nitrogens with two attached hydrogens (primary N) is 2. The smallest absolute Gasteiger partial charge is 0.240 e. The first kappa shape index (κ1) is 18.6. The van der Waals surface area contributed by atoms with Crippen LogP contribution in [-0.4, -0.2) is 22.7 Å². The van der Waals surface area contributed by atoms with Crippen LogP contribution in [0.3, 0.4) is 0 Å². The number of ketones is 1. The number of hydrogen-bond donors (Lipinski definition) is 2. The molecule has 1 heterocycles. The number of hydrogen-bond acceptors (Lipinski definition) is 6. The molecule has 0 fully saturated rings. The summed E-state index contributed by atoms with van der Waals surface area (Å²) in [6.45, 7) is 3.63. The molecule has 0 aliphatic heterocycles. The summed E-state index contributed by atoms with van der Waals surface area (Å²) < 4.78 is 0. The van der Waals surface area contributed by atoms with E-state index in [-0.39, 0.29) is 11.6 Å². The van der Waals surface area contributed by atoms with Crippen LogP contribution in [0.2, 0.25) is 0 Å². The summed E-state index contributed by atoms with van der Waals surface area (Å²) in [7, 11) is 0. The first-order chi connectivity index (χ1) is 12.9. The summed E-state index contributed by atoms with van der Waals surface area (Å²) in [4.78, 5) is 31.1. The fourth-order valence-corrected chi connectivity index (χ4v) is 3.79. The van der Waals surface area contributed by atoms with E-state index in [0.717, 1.165) is 22.6 Å². The Morgan fingerprint density at radius 1 is 1.07 bits per heavy atom. The first-order valence-corrected chi connectivity index (χ1v) is 9.22. The summed E-state index contributed by atoms with van der Waals surface area (Å²) in [6, 6.07) is 15.8. The van der Waals surface area contributed by atoms with Crippen LogP contribution in [0.15, 0.2) is 54.6 Å². The van der Waals surface area contributed by atoms with E-state index in [1.54, 1.807) is 36.1 Å². The van der Waals surface area contributed by atoms with E-state index in [0.29, 0.717) is 15.6 Å². The normalized spacial score (nSPS) is 11.8. The predicted molar refractivity (Wildman–Crippen MR) is 108 cm³/mol. The highest BCUT2D eigenvalue weighted by atomic mass is 32.1. The fraction of sp³-hybridized carbons (Fsp3) is 0.150. The maximum Gasteiger partial charge on any atom is 0.240 e. The number of benzene rings is 2. The number of aromatic nitrogens is 1. The lowest BCUT2D eigenvalue weighted by Crippen LogP contribution is -2.40. The summed E-state index contributed by atoms with van der Waals surface area (Å²) in [5.41, 5.74) is 13.9. The van der Waals surface area contributed by atoms with Gasteiger partial charge in [-0.1, -0.05) is 59.9 Å². The topological polar surface area (TPSA) is 102 Å². The van der Waals surface area contributed by atoms with Crippen molar-refractivity contribution in [2.45, 2.75) is 19.9 Å². The lowest BCUT2D eigenvalue weighted by molar-refractivity contribution is -0.118. The predicted octanol–water partition coefficient (Wildman–Crippen LogP) is 3.28. The Morgan fingerprint density at radius 3 is 2.33 bits per heavy atom. The van der Waals surface area contributed by atoms with Crippen molar-refractivity contribution < 1.29 is 9.59 Å². The van der Waals surface area contributed by atoms with E-state index in [4.69, 9.17) is 11.5 Å². The van der Waals surface area contributed by atoms with E-state index in [1.165, 1.54) is 0 Å². The second-order valence-electron chi connectivity index (χ2n) is 6.14. The van der Waals surface area contributed by atoms with Crippen LogP contribution >= 0.6 is 11.3 Å². The van der Waals surface area contributed by atoms with E-state index in [9.17, 15) is 9.59 Å². The number of amides is 1. The lowest BCUT2D eigenvalue weighted by atomic mass is 10.1. The van der Waals surface area contributed by atoms with Crippen LogP contribution in [0.25, 0.3) is 0 Å². The minimum atomic E-state index is -0.656. The molecule has 3 aromatic rings. The number of carbonyl (C=O) groups excluding carboxylic acids is 2. The summed E-state index contributed by atoms with van der Waals surface area (Å²) in [5.74, 6) is -0.560. The highest BCUT2D eigenvalue weighted by Gasteiger charge is 2.28. The first-order valence-electron chi connectivity index (χ1n) is 8.40. The molecule has 1 amide bonds.